The number of rotatable bonds is 5. The van der Waals surface area contributed by atoms with Gasteiger partial charge in [0.05, 0.1) is 12.8 Å². The Balaban J connectivity index is 2.65. The van der Waals surface area contributed by atoms with Crippen LogP contribution in [-0.2, 0) is 0 Å². The third-order valence-electron chi connectivity index (χ3n) is 1.87. The van der Waals surface area contributed by atoms with Gasteiger partial charge in [0.2, 0.25) is 0 Å². The lowest BCUT2D eigenvalue weighted by Crippen LogP contribution is -2.03. The van der Waals surface area contributed by atoms with Crippen LogP contribution >= 0.6 is 0 Å². The smallest absolute Gasteiger partial charge is 0.179 e. The topological polar surface area (TPSA) is 47.0 Å². The molecule has 0 fully saturated rings. The molecule has 78 valence electrons. The lowest BCUT2D eigenvalue weighted by Gasteiger charge is -2.09. The number of hydrogen-bond donors (Lipinski definition) is 1. The van der Waals surface area contributed by atoms with E-state index in [-0.39, 0.29) is 0 Å². The molecule has 0 aliphatic heterocycles. The average molecular weight is 195 g/mol. The minimum Gasteiger partial charge on any atom is -0.488 e. The van der Waals surface area contributed by atoms with Crippen LogP contribution in [0.4, 0.5) is 5.82 Å². The van der Waals surface area contributed by atoms with Crippen molar-refractivity contribution < 1.29 is 4.74 Å². The highest BCUT2D eigenvalue weighted by Crippen LogP contribution is 2.19. The molecule has 14 heavy (non-hydrogen) atoms. The second-order valence-electron chi connectivity index (χ2n) is 3.08. The minimum absolute atomic E-state index is 0.720. The van der Waals surface area contributed by atoms with Crippen molar-refractivity contribution in [3.8, 4) is 5.75 Å². The summed E-state index contributed by atoms with van der Waals surface area (Å²) in [4.78, 5) is 8.31. The molecular weight excluding hydrogens is 178 g/mol. The van der Waals surface area contributed by atoms with Gasteiger partial charge in [0.1, 0.15) is 5.82 Å². The van der Waals surface area contributed by atoms with Gasteiger partial charge in [-0.2, -0.15) is 0 Å². The van der Waals surface area contributed by atoms with Gasteiger partial charge in [0.15, 0.2) is 11.6 Å². The summed E-state index contributed by atoms with van der Waals surface area (Å²) >= 11 is 0. The van der Waals surface area contributed by atoms with E-state index in [0.29, 0.717) is 0 Å². The van der Waals surface area contributed by atoms with E-state index < -0.39 is 0 Å². The molecule has 0 amide bonds. The zero-order valence-electron chi connectivity index (χ0n) is 9.00. The first-order valence-electron chi connectivity index (χ1n) is 4.92. The van der Waals surface area contributed by atoms with E-state index in [0.717, 1.165) is 36.8 Å². The van der Waals surface area contributed by atoms with E-state index >= 15 is 0 Å². The highest BCUT2D eigenvalue weighted by atomic mass is 16.5. The van der Waals surface area contributed by atoms with Gasteiger partial charge in [-0.05, 0) is 13.3 Å². The SMILES string of the molecule is CCCCOc1cnc(C)nc1NC. The molecule has 0 aliphatic rings. The van der Waals surface area contributed by atoms with Gasteiger partial charge in [-0.3, -0.25) is 0 Å². The van der Waals surface area contributed by atoms with Crippen molar-refractivity contribution in [2.24, 2.45) is 0 Å². The summed E-state index contributed by atoms with van der Waals surface area (Å²) in [6.07, 6.45) is 3.89. The highest BCUT2D eigenvalue weighted by molar-refractivity contribution is 5.47. The molecule has 0 atom stereocenters. The Hall–Kier alpha value is -1.32. The monoisotopic (exact) mass is 195 g/mol. The second kappa shape index (κ2) is 5.42. The molecule has 1 heterocycles. The Morgan fingerprint density at radius 1 is 1.50 bits per heavy atom. The summed E-state index contributed by atoms with van der Waals surface area (Å²) in [6, 6.07) is 0. The summed E-state index contributed by atoms with van der Waals surface area (Å²) in [6.45, 7) is 4.71. The van der Waals surface area contributed by atoms with E-state index in [1.54, 1.807) is 6.20 Å². The zero-order chi connectivity index (χ0) is 10.4. The molecule has 0 radical (unpaired) electrons. The number of nitrogens with zero attached hydrogens (tertiary/aromatic N) is 2. The van der Waals surface area contributed by atoms with Crippen LogP contribution in [0.25, 0.3) is 0 Å². The Kier molecular flexibility index (Phi) is 4.16. The molecule has 0 unspecified atom stereocenters. The van der Waals surface area contributed by atoms with Crippen LogP contribution in [0.2, 0.25) is 0 Å². The maximum Gasteiger partial charge on any atom is 0.179 e. The van der Waals surface area contributed by atoms with Crippen LogP contribution in [0, 0.1) is 6.92 Å². The van der Waals surface area contributed by atoms with Gasteiger partial charge in [0.25, 0.3) is 0 Å². The summed E-state index contributed by atoms with van der Waals surface area (Å²) in [5.74, 6) is 2.23. The molecule has 0 aliphatic carbocycles. The van der Waals surface area contributed by atoms with Crippen molar-refractivity contribution in [1.82, 2.24) is 9.97 Å². The van der Waals surface area contributed by atoms with E-state index in [1.807, 2.05) is 14.0 Å². The molecule has 0 aromatic carbocycles. The van der Waals surface area contributed by atoms with E-state index in [4.69, 9.17) is 4.74 Å². The van der Waals surface area contributed by atoms with Crippen LogP contribution in [0.1, 0.15) is 25.6 Å². The molecule has 0 saturated carbocycles. The minimum atomic E-state index is 0.720. The molecule has 1 rings (SSSR count). The fourth-order valence-corrected chi connectivity index (χ4v) is 1.07. The maximum atomic E-state index is 5.54. The molecule has 1 N–H and O–H groups in total. The molecule has 4 nitrogen and oxygen atoms in total. The summed E-state index contributed by atoms with van der Waals surface area (Å²) in [7, 11) is 1.83. The van der Waals surface area contributed by atoms with E-state index in [1.165, 1.54) is 0 Å². The molecule has 1 aromatic heterocycles. The average Bonchev–Trinajstić information content (AvgIpc) is 2.20. The molecule has 0 bridgehead atoms. The quantitative estimate of drug-likeness (QED) is 0.730. The molecule has 0 spiro atoms. The summed E-state index contributed by atoms with van der Waals surface area (Å²) in [5, 5.41) is 2.99. The Morgan fingerprint density at radius 3 is 2.93 bits per heavy atom. The van der Waals surface area contributed by atoms with Crippen molar-refractivity contribution in [2.45, 2.75) is 26.7 Å². The van der Waals surface area contributed by atoms with Crippen LogP contribution in [0.3, 0.4) is 0 Å². The van der Waals surface area contributed by atoms with Crippen molar-refractivity contribution >= 4 is 5.82 Å². The van der Waals surface area contributed by atoms with Crippen LogP contribution in [-0.4, -0.2) is 23.6 Å². The fourth-order valence-electron chi connectivity index (χ4n) is 1.07. The van der Waals surface area contributed by atoms with Crippen LogP contribution in [0.5, 0.6) is 5.75 Å². The zero-order valence-corrected chi connectivity index (χ0v) is 9.00. The largest absolute Gasteiger partial charge is 0.488 e. The first-order chi connectivity index (χ1) is 6.77. The van der Waals surface area contributed by atoms with Crippen molar-refractivity contribution in [3.63, 3.8) is 0 Å². The predicted molar refractivity (Wildman–Crippen MR) is 56.7 cm³/mol. The number of aryl methyl sites for hydroxylation is 1. The molecule has 1 aromatic rings. The van der Waals surface area contributed by atoms with Gasteiger partial charge in [-0.15, -0.1) is 0 Å². The van der Waals surface area contributed by atoms with Crippen molar-refractivity contribution in [2.75, 3.05) is 19.0 Å². The number of aromatic nitrogens is 2. The number of nitrogens with one attached hydrogen (secondary N) is 1. The van der Waals surface area contributed by atoms with Crippen molar-refractivity contribution in [3.05, 3.63) is 12.0 Å². The van der Waals surface area contributed by atoms with E-state index in [2.05, 4.69) is 22.2 Å². The van der Waals surface area contributed by atoms with Gasteiger partial charge in [0, 0.05) is 7.05 Å². The predicted octanol–water partition coefficient (Wildman–Crippen LogP) is 2.01. The number of ether oxygens (including phenoxy) is 1. The summed E-state index contributed by atoms with van der Waals surface area (Å²) in [5.41, 5.74) is 0. The van der Waals surface area contributed by atoms with Crippen molar-refractivity contribution in [1.29, 1.82) is 0 Å². The Morgan fingerprint density at radius 2 is 2.29 bits per heavy atom. The van der Waals surface area contributed by atoms with Crippen LogP contribution < -0.4 is 10.1 Å². The highest BCUT2D eigenvalue weighted by Gasteiger charge is 2.04. The lowest BCUT2D eigenvalue weighted by atomic mass is 10.4. The lowest BCUT2D eigenvalue weighted by molar-refractivity contribution is 0.308. The standard InChI is InChI=1S/C10H17N3O/c1-4-5-6-14-9-7-12-8(2)13-10(9)11-3/h7H,4-6H2,1-3H3,(H,11,12,13). The van der Waals surface area contributed by atoms with Gasteiger partial charge < -0.3 is 10.1 Å². The van der Waals surface area contributed by atoms with Gasteiger partial charge in [-0.1, -0.05) is 13.3 Å². The number of unbranched alkanes of at least 4 members (excludes halogenated alkanes) is 1. The van der Waals surface area contributed by atoms with Gasteiger partial charge >= 0.3 is 0 Å². The van der Waals surface area contributed by atoms with E-state index in [9.17, 15) is 0 Å². The Labute approximate surface area is 84.7 Å². The van der Waals surface area contributed by atoms with Gasteiger partial charge in [-0.25, -0.2) is 9.97 Å². The molecular formula is C10H17N3O. The van der Waals surface area contributed by atoms with Crippen LogP contribution in [0.15, 0.2) is 6.20 Å². The normalized spacial score (nSPS) is 9.93. The third kappa shape index (κ3) is 2.87. The molecule has 0 saturated heterocycles. The second-order valence-corrected chi connectivity index (χ2v) is 3.08. The maximum absolute atomic E-state index is 5.54. The molecule has 4 heteroatoms. The first-order valence-corrected chi connectivity index (χ1v) is 4.92. The first kappa shape index (κ1) is 10.8. The Bertz CT molecular complexity index is 289. The fraction of sp³-hybridized carbons (Fsp3) is 0.600. The summed E-state index contributed by atoms with van der Waals surface area (Å²) < 4.78 is 5.54. The third-order valence-corrected chi connectivity index (χ3v) is 1.87. The number of anilines is 1. The number of hydrogen-bond acceptors (Lipinski definition) is 4.